The normalized spacial score (nSPS) is 19.3. The Hall–Kier alpha value is -1.55. The van der Waals surface area contributed by atoms with Crippen LogP contribution in [0, 0.1) is 19.8 Å². The van der Waals surface area contributed by atoms with Crippen LogP contribution in [0.15, 0.2) is 18.2 Å². The van der Waals surface area contributed by atoms with E-state index in [-0.39, 0.29) is 5.91 Å². The number of nitrogens with zero attached hydrogens (tertiary/aromatic N) is 1. The summed E-state index contributed by atoms with van der Waals surface area (Å²) < 4.78 is 6.01. The molecule has 2 fully saturated rings. The van der Waals surface area contributed by atoms with Crippen molar-refractivity contribution in [3.05, 3.63) is 29.3 Å². The Labute approximate surface area is 164 Å². The average Bonchev–Trinajstić information content (AvgIpc) is 3.15. The third kappa shape index (κ3) is 6.24. The van der Waals surface area contributed by atoms with Crippen molar-refractivity contribution in [3.63, 3.8) is 0 Å². The van der Waals surface area contributed by atoms with Gasteiger partial charge < -0.3 is 15.0 Å². The standard InChI is InChI=1S/C23H36N2O2/c1-18-7-5-8-19(2)23(18)27-16-6-13-25-14-11-21(12-15-25)24-22(26)17-20-9-3-4-10-20/h5,7-8,20-21H,3-4,6,9-17H2,1-2H3,(H,24,26). The highest BCUT2D eigenvalue weighted by molar-refractivity contribution is 5.76. The molecule has 1 aromatic carbocycles. The molecule has 1 heterocycles. The van der Waals surface area contributed by atoms with Crippen LogP contribution in [0.4, 0.5) is 0 Å². The largest absolute Gasteiger partial charge is 0.493 e. The molecule has 2 aliphatic rings. The Balaban J connectivity index is 1.28. The fraction of sp³-hybridized carbons (Fsp3) is 0.696. The lowest BCUT2D eigenvalue weighted by molar-refractivity contribution is -0.123. The van der Waals surface area contributed by atoms with Gasteiger partial charge in [-0.3, -0.25) is 4.79 Å². The molecule has 1 saturated heterocycles. The summed E-state index contributed by atoms with van der Waals surface area (Å²) in [5.74, 6) is 1.96. The summed E-state index contributed by atoms with van der Waals surface area (Å²) >= 11 is 0. The van der Waals surface area contributed by atoms with E-state index in [0.29, 0.717) is 12.0 Å². The number of carbonyl (C=O) groups is 1. The van der Waals surface area contributed by atoms with Crippen LogP contribution < -0.4 is 10.1 Å². The molecule has 1 amide bonds. The van der Waals surface area contributed by atoms with Crippen molar-refractivity contribution in [1.82, 2.24) is 10.2 Å². The topological polar surface area (TPSA) is 41.6 Å². The Morgan fingerprint density at radius 3 is 2.44 bits per heavy atom. The minimum atomic E-state index is 0.280. The zero-order valence-electron chi connectivity index (χ0n) is 17.1. The quantitative estimate of drug-likeness (QED) is 0.694. The molecule has 0 spiro atoms. The molecule has 0 bridgehead atoms. The van der Waals surface area contributed by atoms with E-state index in [9.17, 15) is 4.79 Å². The predicted octanol–water partition coefficient (Wildman–Crippen LogP) is 4.23. The van der Waals surface area contributed by atoms with Crippen LogP contribution in [0.25, 0.3) is 0 Å². The highest BCUT2D eigenvalue weighted by Crippen LogP contribution is 2.27. The van der Waals surface area contributed by atoms with Gasteiger partial charge in [0.25, 0.3) is 0 Å². The maximum atomic E-state index is 12.2. The van der Waals surface area contributed by atoms with E-state index < -0.39 is 0 Å². The summed E-state index contributed by atoms with van der Waals surface area (Å²) in [4.78, 5) is 14.7. The molecule has 1 aliphatic heterocycles. The summed E-state index contributed by atoms with van der Waals surface area (Å²) in [5.41, 5.74) is 2.42. The molecule has 0 atom stereocenters. The van der Waals surface area contributed by atoms with Crippen molar-refractivity contribution in [2.24, 2.45) is 5.92 Å². The maximum Gasteiger partial charge on any atom is 0.220 e. The smallest absolute Gasteiger partial charge is 0.220 e. The monoisotopic (exact) mass is 372 g/mol. The minimum Gasteiger partial charge on any atom is -0.493 e. The Morgan fingerprint density at radius 2 is 1.78 bits per heavy atom. The molecule has 0 unspecified atom stereocenters. The number of piperidine rings is 1. The molecule has 150 valence electrons. The number of benzene rings is 1. The van der Waals surface area contributed by atoms with Gasteiger partial charge in [-0.05, 0) is 63.0 Å². The lowest BCUT2D eigenvalue weighted by Gasteiger charge is -2.32. The van der Waals surface area contributed by atoms with Crippen LogP contribution in [0.1, 0.15) is 62.5 Å². The van der Waals surface area contributed by atoms with Crippen molar-refractivity contribution in [2.75, 3.05) is 26.2 Å². The first-order valence-electron chi connectivity index (χ1n) is 10.8. The number of aryl methyl sites for hydroxylation is 2. The average molecular weight is 373 g/mol. The fourth-order valence-corrected chi connectivity index (χ4v) is 4.55. The van der Waals surface area contributed by atoms with Gasteiger partial charge in [0.1, 0.15) is 5.75 Å². The second-order valence-corrected chi connectivity index (χ2v) is 8.46. The second kappa shape index (κ2) is 10.1. The number of amides is 1. The lowest BCUT2D eigenvalue weighted by Crippen LogP contribution is -2.45. The number of hydrogen-bond donors (Lipinski definition) is 1. The van der Waals surface area contributed by atoms with E-state index in [1.54, 1.807) is 0 Å². The molecule has 0 aromatic heterocycles. The van der Waals surface area contributed by atoms with Crippen molar-refractivity contribution in [3.8, 4) is 5.75 Å². The zero-order valence-corrected chi connectivity index (χ0v) is 17.1. The number of likely N-dealkylation sites (tertiary alicyclic amines) is 1. The molecular formula is C23H36N2O2. The van der Waals surface area contributed by atoms with Gasteiger partial charge >= 0.3 is 0 Å². The molecule has 1 N–H and O–H groups in total. The summed E-state index contributed by atoms with van der Waals surface area (Å²) in [6, 6.07) is 6.66. The lowest BCUT2D eigenvalue weighted by atomic mass is 10.0. The predicted molar refractivity (Wildman–Crippen MR) is 110 cm³/mol. The van der Waals surface area contributed by atoms with Crippen molar-refractivity contribution in [2.45, 2.75) is 71.3 Å². The molecule has 27 heavy (non-hydrogen) atoms. The molecule has 3 rings (SSSR count). The van der Waals surface area contributed by atoms with Crippen molar-refractivity contribution in [1.29, 1.82) is 0 Å². The van der Waals surface area contributed by atoms with Gasteiger partial charge in [0.15, 0.2) is 0 Å². The highest BCUT2D eigenvalue weighted by atomic mass is 16.5. The van der Waals surface area contributed by atoms with E-state index in [4.69, 9.17) is 4.74 Å². The molecule has 0 radical (unpaired) electrons. The van der Waals surface area contributed by atoms with Gasteiger partial charge in [-0.1, -0.05) is 31.0 Å². The van der Waals surface area contributed by atoms with E-state index in [1.165, 1.54) is 36.8 Å². The number of carbonyl (C=O) groups excluding carboxylic acids is 1. The number of hydrogen-bond acceptors (Lipinski definition) is 3. The van der Waals surface area contributed by atoms with Gasteiger partial charge in [0, 0.05) is 32.1 Å². The highest BCUT2D eigenvalue weighted by Gasteiger charge is 2.23. The molecule has 1 saturated carbocycles. The van der Waals surface area contributed by atoms with Crippen LogP contribution in [-0.4, -0.2) is 43.1 Å². The van der Waals surface area contributed by atoms with Gasteiger partial charge in [0.05, 0.1) is 6.61 Å². The van der Waals surface area contributed by atoms with E-state index >= 15 is 0 Å². The van der Waals surface area contributed by atoms with E-state index in [0.717, 1.165) is 57.7 Å². The Bertz CT molecular complexity index is 582. The van der Waals surface area contributed by atoms with Crippen LogP contribution in [0.2, 0.25) is 0 Å². The Morgan fingerprint density at radius 1 is 1.11 bits per heavy atom. The summed E-state index contributed by atoms with van der Waals surface area (Å²) in [5, 5.41) is 3.28. The van der Waals surface area contributed by atoms with Gasteiger partial charge in [-0.15, -0.1) is 0 Å². The van der Waals surface area contributed by atoms with E-state index in [2.05, 4.69) is 42.3 Å². The second-order valence-electron chi connectivity index (χ2n) is 8.46. The first-order chi connectivity index (χ1) is 13.1. The Kier molecular flexibility index (Phi) is 7.57. The number of ether oxygens (including phenoxy) is 1. The van der Waals surface area contributed by atoms with Crippen LogP contribution in [0.5, 0.6) is 5.75 Å². The van der Waals surface area contributed by atoms with Gasteiger partial charge in [-0.2, -0.15) is 0 Å². The van der Waals surface area contributed by atoms with Gasteiger partial charge in [0.2, 0.25) is 5.91 Å². The first kappa shape index (κ1) is 20.2. The number of para-hydroxylation sites is 1. The van der Waals surface area contributed by atoms with Crippen LogP contribution in [0.3, 0.4) is 0 Å². The van der Waals surface area contributed by atoms with Crippen molar-refractivity contribution < 1.29 is 9.53 Å². The third-order valence-electron chi connectivity index (χ3n) is 6.18. The molecule has 1 aromatic rings. The molecular weight excluding hydrogens is 336 g/mol. The molecule has 1 aliphatic carbocycles. The fourth-order valence-electron chi connectivity index (χ4n) is 4.55. The summed E-state index contributed by atoms with van der Waals surface area (Å²) in [6.45, 7) is 8.22. The molecule has 4 nitrogen and oxygen atoms in total. The number of nitrogens with one attached hydrogen (secondary N) is 1. The zero-order chi connectivity index (χ0) is 19.1. The van der Waals surface area contributed by atoms with E-state index in [1.807, 2.05) is 0 Å². The van der Waals surface area contributed by atoms with Gasteiger partial charge in [-0.25, -0.2) is 0 Å². The summed E-state index contributed by atoms with van der Waals surface area (Å²) in [6.07, 6.45) is 9.06. The maximum absolute atomic E-state index is 12.2. The minimum absolute atomic E-state index is 0.280. The van der Waals surface area contributed by atoms with Crippen molar-refractivity contribution >= 4 is 5.91 Å². The first-order valence-corrected chi connectivity index (χ1v) is 10.8. The molecule has 4 heteroatoms. The summed E-state index contributed by atoms with van der Waals surface area (Å²) in [7, 11) is 0. The van der Waals surface area contributed by atoms with Crippen LogP contribution in [-0.2, 0) is 4.79 Å². The number of rotatable bonds is 8. The van der Waals surface area contributed by atoms with Crippen LogP contribution >= 0.6 is 0 Å². The SMILES string of the molecule is Cc1cccc(C)c1OCCCN1CCC(NC(=O)CC2CCCC2)CC1. The third-order valence-corrected chi connectivity index (χ3v) is 6.18.